The number of rotatable bonds is 3. The molecular formula is C8H15NO3. The van der Waals surface area contributed by atoms with Crippen LogP contribution in [0.15, 0.2) is 0 Å². The van der Waals surface area contributed by atoms with Crippen LogP contribution in [0.25, 0.3) is 0 Å². The van der Waals surface area contributed by atoms with Crippen LogP contribution in [-0.2, 0) is 14.3 Å². The highest BCUT2D eigenvalue weighted by molar-refractivity contribution is 5.73. The summed E-state index contributed by atoms with van der Waals surface area (Å²) in [7, 11) is 3.03. The minimum Gasteiger partial charge on any atom is -0.469 e. The van der Waals surface area contributed by atoms with Gasteiger partial charge in [-0.2, -0.15) is 0 Å². The van der Waals surface area contributed by atoms with E-state index in [0.717, 1.165) is 0 Å². The maximum atomic E-state index is 11.0. The second-order valence-corrected chi connectivity index (χ2v) is 3.22. The van der Waals surface area contributed by atoms with Crippen LogP contribution in [0.1, 0.15) is 12.8 Å². The highest BCUT2D eigenvalue weighted by Crippen LogP contribution is 2.40. The van der Waals surface area contributed by atoms with Gasteiger partial charge >= 0.3 is 5.97 Å². The van der Waals surface area contributed by atoms with Crippen molar-refractivity contribution in [3.8, 4) is 0 Å². The van der Waals surface area contributed by atoms with E-state index in [2.05, 4.69) is 4.74 Å². The Morgan fingerprint density at radius 1 is 1.58 bits per heavy atom. The van der Waals surface area contributed by atoms with E-state index >= 15 is 0 Å². The van der Waals surface area contributed by atoms with E-state index in [9.17, 15) is 4.79 Å². The lowest BCUT2D eigenvalue weighted by atomic mass is 9.71. The fourth-order valence-electron chi connectivity index (χ4n) is 1.59. The number of esters is 1. The third kappa shape index (κ3) is 1.44. The Morgan fingerprint density at radius 3 is 2.50 bits per heavy atom. The van der Waals surface area contributed by atoms with E-state index in [4.69, 9.17) is 10.5 Å². The molecule has 1 aliphatic carbocycles. The van der Waals surface area contributed by atoms with Crippen LogP contribution in [0.5, 0.6) is 0 Å². The maximum Gasteiger partial charge on any atom is 0.308 e. The second-order valence-electron chi connectivity index (χ2n) is 3.22. The van der Waals surface area contributed by atoms with Crippen molar-refractivity contribution in [2.45, 2.75) is 18.4 Å². The fourth-order valence-corrected chi connectivity index (χ4v) is 1.59. The van der Waals surface area contributed by atoms with Crippen LogP contribution in [-0.4, -0.2) is 32.3 Å². The van der Waals surface area contributed by atoms with Gasteiger partial charge in [-0.3, -0.25) is 4.79 Å². The molecule has 0 aromatic heterocycles. The summed E-state index contributed by atoms with van der Waals surface area (Å²) in [6.07, 6.45) is 1.37. The molecule has 0 aliphatic heterocycles. The highest BCUT2D eigenvalue weighted by atomic mass is 16.5. The van der Waals surface area contributed by atoms with Crippen molar-refractivity contribution in [3.05, 3.63) is 0 Å². The molecule has 0 unspecified atom stereocenters. The molecule has 0 amide bonds. The van der Waals surface area contributed by atoms with Gasteiger partial charge in [-0.25, -0.2) is 0 Å². The van der Waals surface area contributed by atoms with Crippen LogP contribution in [0.4, 0.5) is 0 Å². The summed E-state index contributed by atoms with van der Waals surface area (Å²) in [6, 6.07) is 0. The van der Waals surface area contributed by atoms with Crippen molar-refractivity contribution in [3.63, 3.8) is 0 Å². The van der Waals surface area contributed by atoms with Crippen molar-refractivity contribution in [2.24, 2.45) is 11.7 Å². The molecule has 1 fully saturated rings. The first-order chi connectivity index (χ1) is 5.67. The molecule has 1 rings (SSSR count). The average molecular weight is 173 g/mol. The molecule has 0 atom stereocenters. The second kappa shape index (κ2) is 3.41. The molecule has 70 valence electrons. The molecule has 0 heterocycles. The Kier molecular flexibility index (Phi) is 2.69. The van der Waals surface area contributed by atoms with Crippen molar-refractivity contribution < 1.29 is 14.3 Å². The molecule has 0 radical (unpaired) electrons. The number of ether oxygens (including phenoxy) is 2. The van der Waals surface area contributed by atoms with Gasteiger partial charge in [-0.15, -0.1) is 0 Å². The molecule has 0 saturated heterocycles. The van der Waals surface area contributed by atoms with E-state index in [1.807, 2.05) is 0 Å². The summed E-state index contributed by atoms with van der Waals surface area (Å²) in [5.41, 5.74) is 5.24. The Balaban J connectivity index is 2.40. The van der Waals surface area contributed by atoms with Gasteiger partial charge in [0.1, 0.15) is 0 Å². The minimum absolute atomic E-state index is 0.0153. The predicted molar refractivity (Wildman–Crippen MR) is 43.5 cm³/mol. The first kappa shape index (κ1) is 9.48. The molecule has 1 aliphatic rings. The van der Waals surface area contributed by atoms with Gasteiger partial charge in [-0.05, 0) is 12.8 Å². The molecule has 0 bridgehead atoms. The highest BCUT2D eigenvalue weighted by Gasteiger charge is 2.47. The van der Waals surface area contributed by atoms with Crippen LogP contribution in [0.3, 0.4) is 0 Å². The Bertz CT molecular complexity index is 169. The fraction of sp³-hybridized carbons (Fsp3) is 0.875. The quantitative estimate of drug-likeness (QED) is 0.606. The zero-order chi connectivity index (χ0) is 9.19. The topological polar surface area (TPSA) is 61.5 Å². The molecule has 2 N–H and O–H groups in total. The van der Waals surface area contributed by atoms with E-state index in [-0.39, 0.29) is 17.5 Å². The van der Waals surface area contributed by atoms with Gasteiger partial charge in [0, 0.05) is 13.7 Å². The molecule has 0 aromatic rings. The number of hydrogen-bond acceptors (Lipinski definition) is 4. The molecule has 12 heavy (non-hydrogen) atoms. The Labute approximate surface area is 72.0 Å². The monoisotopic (exact) mass is 173 g/mol. The first-order valence-corrected chi connectivity index (χ1v) is 4.00. The average Bonchev–Trinajstić information content (AvgIpc) is 2.04. The summed E-state index contributed by atoms with van der Waals surface area (Å²) in [5.74, 6) is -0.172. The maximum absolute atomic E-state index is 11.0. The lowest BCUT2D eigenvalue weighted by molar-refractivity contribution is -0.164. The number of nitrogens with two attached hydrogens (primary N) is 1. The normalized spacial score (nSPS) is 34.1. The zero-order valence-electron chi connectivity index (χ0n) is 7.50. The molecule has 0 aromatic carbocycles. The molecule has 4 heteroatoms. The third-order valence-corrected chi connectivity index (χ3v) is 2.58. The molecule has 4 nitrogen and oxygen atoms in total. The van der Waals surface area contributed by atoms with E-state index in [0.29, 0.717) is 19.4 Å². The zero-order valence-corrected chi connectivity index (χ0v) is 7.50. The van der Waals surface area contributed by atoms with Gasteiger partial charge in [0.25, 0.3) is 0 Å². The van der Waals surface area contributed by atoms with Crippen LogP contribution in [0, 0.1) is 5.92 Å². The molecule has 0 spiro atoms. The summed E-state index contributed by atoms with van der Waals surface area (Å²) in [4.78, 5) is 11.0. The van der Waals surface area contributed by atoms with Gasteiger partial charge in [0.2, 0.25) is 0 Å². The first-order valence-electron chi connectivity index (χ1n) is 4.00. The number of carbonyl (C=O) groups excluding carboxylic acids is 1. The van der Waals surface area contributed by atoms with Crippen LogP contribution >= 0.6 is 0 Å². The summed E-state index contributed by atoms with van der Waals surface area (Å²) in [6.45, 7) is 0.469. The third-order valence-electron chi connectivity index (χ3n) is 2.58. The van der Waals surface area contributed by atoms with Crippen molar-refractivity contribution in [1.82, 2.24) is 0 Å². The number of methoxy groups -OCH3 is 2. The number of hydrogen-bond donors (Lipinski definition) is 1. The van der Waals surface area contributed by atoms with Crippen molar-refractivity contribution in [1.29, 1.82) is 0 Å². The van der Waals surface area contributed by atoms with E-state index < -0.39 is 0 Å². The van der Waals surface area contributed by atoms with Gasteiger partial charge in [-0.1, -0.05) is 0 Å². The summed E-state index contributed by atoms with van der Waals surface area (Å²) >= 11 is 0. The van der Waals surface area contributed by atoms with E-state index in [1.54, 1.807) is 7.11 Å². The van der Waals surface area contributed by atoms with Gasteiger partial charge in [0.05, 0.1) is 18.6 Å². The summed E-state index contributed by atoms with van der Waals surface area (Å²) in [5, 5.41) is 0. The Morgan fingerprint density at radius 2 is 2.17 bits per heavy atom. The summed E-state index contributed by atoms with van der Waals surface area (Å²) < 4.78 is 9.82. The van der Waals surface area contributed by atoms with Crippen LogP contribution < -0.4 is 5.73 Å². The molecule has 1 saturated carbocycles. The lowest BCUT2D eigenvalue weighted by Gasteiger charge is -2.44. The minimum atomic E-state index is -0.265. The largest absolute Gasteiger partial charge is 0.469 e. The smallest absolute Gasteiger partial charge is 0.308 e. The van der Waals surface area contributed by atoms with Crippen molar-refractivity contribution >= 4 is 5.97 Å². The van der Waals surface area contributed by atoms with Crippen LogP contribution in [0.2, 0.25) is 0 Å². The number of carbonyl (C=O) groups is 1. The van der Waals surface area contributed by atoms with Gasteiger partial charge < -0.3 is 15.2 Å². The van der Waals surface area contributed by atoms with E-state index in [1.165, 1.54) is 7.11 Å². The predicted octanol–water partition coefficient (Wildman–Crippen LogP) is -0.0867. The van der Waals surface area contributed by atoms with Crippen molar-refractivity contribution in [2.75, 3.05) is 20.8 Å². The lowest BCUT2D eigenvalue weighted by Crippen LogP contribution is -2.53. The molecular weight excluding hydrogens is 158 g/mol. The van der Waals surface area contributed by atoms with Gasteiger partial charge in [0.15, 0.2) is 0 Å². The SMILES string of the molecule is COC(=O)C1CC(CN)(OC)C1. The Hall–Kier alpha value is -0.610. The standard InChI is InChI=1S/C8H15NO3/c1-11-7(10)6-3-8(4-6,5-9)12-2/h6H,3-5,9H2,1-2H3.